The highest BCUT2D eigenvalue weighted by molar-refractivity contribution is 7.88. The highest BCUT2D eigenvalue weighted by atomic mass is 32.2. The van der Waals surface area contributed by atoms with Crippen molar-refractivity contribution in [2.45, 2.75) is 25.3 Å². The van der Waals surface area contributed by atoms with Crippen LogP contribution in [0, 0.1) is 5.82 Å². The van der Waals surface area contributed by atoms with Gasteiger partial charge in [0, 0.05) is 38.5 Å². The summed E-state index contributed by atoms with van der Waals surface area (Å²) in [5.74, 6) is -0.603. The number of carbonyl (C=O) groups excluding carboxylic acids is 1. The summed E-state index contributed by atoms with van der Waals surface area (Å²) >= 11 is 0. The lowest BCUT2D eigenvalue weighted by atomic mass is 10.1. The van der Waals surface area contributed by atoms with Crippen LogP contribution in [0.5, 0.6) is 0 Å². The molecule has 2 aliphatic rings. The standard InChI is InChI=1S/C19H21FN4O4S/c1-29(27,28)24-9-7-16-14(11-24)18(25)22-17(21-16)12-6-8-23(10-12)19(26)13-4-2-3-5-15(13)20/h2-5,12H,6-11H2,1H3,(H,21,22,25)/t12-/m1/s1. The number of likely N-dealkylation sites (tertiary alicyclic amines) is 1. The van der Waals surface area contributed by atoms with E-state index in [9.17, 15) is 22.4 Å². The molecule has 1 aromatic heterocycles. The van der Waals surface area contributed by atoms with Crippen LogP contribution >= 0.6 is 0 Å². The van der Waals surface area contributed by atoms with Crippen molar-refractivity contribution in [1.29, 1.82) is 0 Å². The number of benzene rings is 1. The second kappa shape index (κ2) is 7.34. The fourth-order valence-corrected chi connectivity index (χ4v) is 4.66. The van der Waals surface area contributed by atoms with Crippen molar-refractivity contribution in [2.24, 2.45) is 0 Å². The number of amides is 1. The third-order valence-corrected chi connectivity index (χ3v) is 6.74. The van der Waals surface area contributed by atoms with Crippen LogP contribution < -0.4 is 5.56 Å². The van der Waals surface area contributed by atoms with Gasteiger partial charge in [-0.1, -0.05) is 12.1 Å². The summed E-state index contributed by atoms with van der Waals surface area (Å²) in [6.07, 6.45) is 2.09. The second-order valence-corrected chi connectivity index (χ2v) is 9.42. The minimum Gasteiger partial charge on any atom is -0.338 e. The van der Waals surface area contributed by atoms with Crippen molar-refractivity contribution in [1.82, 2.24) is 19.2 Å². The second-order valence-electron chi connectivity index (χ2n) is 7.44. The van der Waals surface area contributed by atoms with Crippen LogP contribution in [0.2, 0.25) is 0 Å². The maximum Gasteiger partial charge on any atom is 0.256 e. The van der Waals surface area contributed by atoms with Crippen LogP contribution in [0.4, 0.5) is 4.39 Å². The lowest BCUT2D eigenvalue weighted by molar-refractivity contribution is 0.0786. The van der Waals surface area contributed by atoms with Gasteiger partial charge in [0.2, 0.25) is 10.0 Å². The molecule has 1 N–H and O–H groups in total. The quantitative estimate of drug-likeness (QED) is 0.793. The van der Waals surface area contributed by atoms with Gasteiger partial charge in [0.05, 0.1) is 23.1 Å². The molecule has 0 unspecified atom stereocenters. The van der Waals surface area contributed by atoms with Gasteiger partial charge in [-0.3, -0.25) is 9.59 Å². The van der Waals surface area contributed by atoms with E-state index in [-0.39, 0.29) is 36.0 Å². The highest BCUT2D eigenvalue weighted by Gasteiger charge is 2.32. The van der Waals surface area contributed by atoms with E-state index in [4.69, 9.17) is 0 Å². The third kappa shape index (κ3) is 3.82. The molecule has 8 nitrogen and oxygen atoms in total. The number of aromatic nitrogens is 2. The Hall–Kier alpha value is -2.59. The molecule has 0 bridgehead atoms. The Bertz CT molecular complexity index is 1130. The molecule has 0 aliphatic carbocycles. The normalized spacial score (nSPS) is 19.9. The number of halogens is 1. The van der Waals surface area contributed by atoms with E-state index in [0.29, 0.717) is 43.0 Å². The molecule has 4 rings (SSSR count). The monoisotopic (exact) mass is 420 g/mol. The zero-order chi connectivity index (χ0) is 20.8. The van der Waals surface area contributed by atoms with Crippen molar-refractivity contribution in [2.75, 3.05) is 25.9 Å². The van der Waals surface area contributed by atoms with E-state index in [1.807, 2.05) is 0 Å². The predicted octanol–water partition coefficient (Wildman–Crippen LogP) is 0.856. The molecule has 0 spiro atoms. The first-order chi connectivity index (χ1) is 13.7. The number of rotatable bonds is 3. The summed E-state index contributed by atoms with van der Waals surface area (Å²) in [5.41, 5.74) is 0.642. The van der Waals surface area contributed by atoms with Crippen molar-refractivity contribution in [3.8, 4) is 0 Å². The molecule has 154 valence electrons. The van der Waals surface area contributed by atoms with Gasteiger partial charge < -0.3 is 9.88 Å². The smallest absolute Gasteiger partial charge is 0.256 e. The molecule has 29 heavy (non-hydrogen) atoms. The lowest BCUT2D eigenvalue weighted by Gasteiger charge is -2.26. The Morgan fingerprint density at radius 2 is 2.03 bits per heavy atom. The van der Waals surface area contributed by atoms with Gasteiger partial charge in [-0.15, -0.1) is 0 Å². The van der Waals surface area contributed by atoms with Crippen LogP contribution in [0.1, 0.15) is 39.8 Å². The molecule has 10 heteroatoms. The Kier molecular flexibility index (Phi) is 4.99. The van der Waals surface area contributed by atoms with Crippen LogP contribution in [0.3, 0.4) is 0 Å². The van der Waals surface area contributed by atoms with E-state index in [0.717, 1.165) is 6.26 Å². The molecule has 2 aliphatic heterocycles. The fourth-order valence-electron chi connectivity index (χ4n) is 3.87. The fraction of sp³-hybridized carbons (Fsp3) is 0.421. The molecule has 1 fully saturated rings. The molecular formula is C19H21FN4O4S. The minimum atomic E-state index is -3.38. The maximum absolute atomic E-state index is 13.9. The van der Waals surface area contributed by atoms with Crippen molar-refractivity contribution >= 4 is 15.9 Å². The van der Waals surface area contributed by atoms with Crippen LogP contribution in [0.25, 0.3) is 0 Å². The number of aromatic amines is 1. The Morgan fingerprint density at radius 3 is 2.76 bits per heavy atom. The van der Waals surface area contributed by atoms with Gasteiger partial charge >= 0.3 is 0 Å². The van der Waals surface area contributed by atoms with Crippen LogP contribution in [-0.2, 0) is 23.0 Å². The summed E-state index contributed by atoms with van der Waals surface area (Å²) in [5, 5.41) is 0. The van der Waals surface area contributed by atoms with Gasteiger partial charge in [-0.25, -0.2) is 17.8 Å². The summed E-state index contributed by atoms with van der Waals surface area (Å²) < 4.78 is 38.7. The molecule has 0 saturated carbocycles. The number of nitrogens with zero attached hydrogens (tertiary/aromatic N) is 3. The molecule has 1 aromatic carbocycles. The number of hydrogen-bond acceptors (Lipinski definition) is 5. The first-order valence-electron chi connectivity index (χ1n) is 9.35. The predicted molar refractivity (Wildman–Crippen MR) is 103 cm³/mol. The lowest BCUT2D eigenvalue weighted by Crippen LogP contribution is -2.39. The maximum atomic E-state index is 13.9. The largest absolute Gasteiger partial charge is 0.338 e. The average molecular weight is 420 g/mol. The molecular weight excluding hydrogens is 399 g/mol. The van der Waals surface area contributed by atoms with Crippen molar-refractivity contribution < 1.29 is 17.6 Å². The molecule has 2 aromatic rings. The minimum absolute atomic E-state index is 0.0132. The number of carbonyl (C=O) groups is 1. The van der Waals surface area contributed by atoms with E-state index < -0.39 is 15.8 Å². The SMILES string of the molecule is CS(=O)(=O)N1CCc2nc([C@@H]3CCN(C(=O)c4ccccc4F)C3)[nH]c(=O)c2C1. The molecule has 1 atom stereocenters. The van der Waals surface area contributed by atoms with E-state index in [2.05, 4.69) is 9.97 Å². The summed E-state index contributed by atoms with van der Waals surface area (Å²) in [4.78, 5) is 34.0. The average Bonchev–Trinajstić information content (AvgIpc) is 3.17. The zero-order valence-electron chi connectivity index (χ0n) is 15.9. The molecule has 1 saturated heterocycles. The van der Waals surface area contributed by atoms with E-state index in [1.165, 1.54) is 22.5 Å². The van der Waals surface area contributed by atoms with Crippen LogP contribution in [-0.4, -0.2) is 59.4 Å². The first kappa shape index (κ1) is 19.7. The highest BCUT2D eigenvalue weighted by Crippen LogP contribution is 2.27. The summed E-state index contributed by atoms with van der Waals surface area (Å²) in [7, 11) is -3.38. The number of H-pyrrole nitrogens is 1. The number of fused-ring (bicyclic) bond motifs is 1. The third-order valence-electron chi connectivity index (χ3n) is 5.49. The van der Waals surface area contributed by atoms with Gasteiger partial charge in [-0.2, -0.15) is 4.31 Å². The van der Waals surface area contributed by atoms with E-state index in [1.54, 1.807) is 11.0 Å². The Morgan fingerprint density at radius 1 is 1.28 bits per heavy atom. The van der Waals surface area contributed by atoms with Gasteiger partial charge in [0.15, 0.2) is 0 Å². The Balaban J connectivity index is 1.54. The van der Waals surface area contributed by atoms with Gasteiger partial charge in [0.1, 0.15) is 11.6 Å². The molecule has 1 amide bonds. The van der Waals surface area contributed by atoms with Crippen molar-refractivity contribution in [3.63, 3.8) is 0 Å². The van der Waals surface area contributed by atoms with Gasteiger partial charge in [0.25, 0.3) is 11.5 Å². The number of nitrogens with one attached hydrogen (secondary N) is 1. The Labute approximate surface area is 167 Å². The number of sulfonamides is 1. The summed E-state index contributed by atoms with van der Waals surface area (Å²) in [6.45, 7) is 1.08. The topological polar surface area (TPSA) is 103 Å². The number of hydrogen-bond donors (Lipinski definition) is 1. The van der Waals surface area contributed by atoms with Gasteiger partial charge in [-0.05, 0) is 18.6 Å². The zero-order valence-corrected chi connectivity index (χ0v) is 16.7. The molecule has 3 heterocycles. The molecule has 0 radical (unpaired) electrons. The summed E-state index contributed by atoms with van der Waals surface area (Å²) in [6, 6.07) is 5.86. The van der Waals surface area contributed by atoms with E-state index >= 15 is 0 Å². The first-order valence-corrected chi connectivity index (χ1v) is 11.2. The van der Waals surface area contributed by atoms with Crippen molar-refractivity contribution in [3.05, 3.63) is 63.1 Å². The van der Waals surface area contributed by atoms with Crippen LogP contribution in [0.15, 0.2) is 29.1 Å².